The van der Waals surface area contributed by atoms with Crippen LogP contribution >= 0.6 is 11.8 Å². The highest BCUT2D eigenvalue weighted by molar-refractivity contribution is 7.98. The molecule has 4 nitrogen and oxygen atoms in total. The highest BCUT2D eigenvalue weighted by Gasteiger charge is 2.25. The SMILES string of the molecule is CCOC(=O)c1cc(F)c(SC)nc1NC1CC1. The summed E-state index contributed by atoms with van der Waals surface area (Å²) in [6, 6.07) is 1.53. The van der Waals surface area contributed by atoms with E-state index in [4.69, 9.17) is 4.74 Å². The van der Waals surface area contributed by atoms with Crippen molar-refractivity contribution in [3.63, 3.8) is 0 Å². The summed E-state index contributed by atoms with van der Waals surface area (Å²) in [5.41, 5.74) is 0.166. The van der Waals surface area contributed by atoms with Crippen molar-refractivity contribution >= 4 is 23.5 Å². The lowest BCUT2D eigenvalue weighted by molar-refractivity contribution is 0.0526. The maximum absolute atomic E-state index is 13.7. The van der Waals surface area contributed by atoms with Crippen LogP contribution in [-0.4, -0.2) is 29.9 Å². The summed E-state index contributed by atoms with van der Waals surface area (Å²) in [6.45, 7) is 1.97. The van der Waals surface area contributed by atoms with Crippen LogP contribution in [0.4, 0.5) is 10.2 Å². The Morgan fingerprint density at radius 1 is 1.67 bits per heavy atom. The van der Waals surface area contributed by atoms with E-state index < -0.39 is 11.8 Å². The molecule has 0 amide bonds. The molecule has 0 bridgehead atoms. The summed E-state index contributed by atoms with van der Waals surface area (Å²) in [5, 5.41) is 3.42. The number of carbonyl (C=O) groups excluding carboxylic acids is 1. The molecule has 6 heteroatoms. The highest BCUT2D eigenvalue weighted by atomic mass is 32.2. The quantitative estimate of drug-likeness (QED) is 0.658. The molecule has 1 aromatic rings. The fraction of sp³-hybridized carbons (Fsp3) is 0.500. The van der Waals surface area contributed by atoms with Gasteiger partial charge in [-0.3, -0.25) is 0 Å². The standard InChI is InChI=1S/C12H15FN2O2S/c1-3-17-12(16)8-6-9(13)11(18-2)15-10(8)14-7-4-5-7/h6-7H,3-5H2,1-2H3,(H,14,15). The Balaban J connectivity index is 2.34. The third-order valence-electron chi connectivity index (χ3n) is 2.55. The number of aromatic nitrogens is 1. The molecule has 2 rings (SSSR count). The number of nitrogens with zero attached hydrogens (tertiary/aromatic N) is 1. The number of hydrogen-bond acceptors (Lipinski definition) is 5. The van der Waals surface area contributed by atoms with Gasteiger partial charge >= 0.3 is 5.97 Å². The molecule has 0 atom stereocenters. The zero-order valence-electron chi connectivity index (χ0n) is 10.3. The van der Waals surface area contributed by atoms with Crippen LogP contribution in [0, 0.1) is 5.82 Å². The fourth-order valence-corrected chi connectivity index (χ4v) is 1.95. The average Bonchev–Trinajstić information content (AvgIpc) is 3.15. The number of carbonyl (C=O) groups is 1. The number of thioether (sulfide) groups is 1. The van der Waals surface area contributed by atoms with Gasteiger partial charge in [0.05, 0.1) is 6.61 Å². The first-order valence-electron chi connectivity index (χ1n) is 5.84. The van der Waals surface area contributed by atoms with Crippen LogP contribution in [-0.2, 0) is 4.74 Å². The zero-order chi connectivity index (χ0) is 13.1. The van der Waals surface area contributed by atoms with Crippen molar-refractivity contribution in [1.82, 2.24) is 4.98 Å². The van der Waals surface area contributed by atoms with Gasteiger partial charge in [-0.05, 0) is 32.1 Å². The largest absolute Gasteiger partial charge is 0.462 e. The summed E-state index contributed by atoms with van der Waals surface area (Å²) in [5.74, 6) is -0.617. The summed E-state index contributed by atoms with van der Waals surface area (Å²) >= 11 is 1.21. The first-order valence-corrected chi connectivity index (χ1v) is 7.06. The fourth-order valence-electron chi connectivity index (χ4n) is 1.51. The van der Waals surface area contributed by atoms with Gasteiger partial charge in [-0.15, -0.1) is 11.8 Å². The van der Waals surface area contributed by atoms with E-state index in [1.165, 1.54) is 17.8 Å². The Morgan fingerprint density at radius 3 is 2.94 bits per heavy atom. The van der Waals surface area contributed by atoms with E-state index in [1.807, 2.05) is 0 Å². The molecule has 0 saturated heterocycles. The van der Waals surface area contributed by atoms with Gasteiger partial charge in [0.25, 0.3) is 0 Å². The molecule has 18 heavy (non-hydrogen) atoms. The van der Waals surface area contributed by atoms with Crippen LogP contribution in [0.3, 0.4) is 0 Å². The van der Waals surface area contributed by atoms with Crippen LogP contribution in [0.15, 0.2) is 11.1 Å². The van der Waals surface area contributed by atoms with Gasteiger partial charge in [0.2, 0.25) is 0 Å². The molecule has 0 radical (unpaired) electrons. The van der Waals surface area contributed by atoms with Gasteiger partial charge < -0.3 is 10.1 Å². The van der Waals surface area contributed by atoms with Crippen LogP contribution in [0.2, 0.25) is 0 Å². The van der Waals surface area contributed by atoms with Gasteiger partial charge in [-0.25, -0.2) is 14.2 Å². The molecule has 0 spiro atoms. The molecule has 98 valence electrons. The van der Waals surface area contributed by atoms with E-state index >= 15 is 0 Å². The number of esters is 1. The van der Waals surface area contributed by atoms with E-state index in [9.17, 15) is 9.18 Å². The smallest absolute Gasteiger partial charge is 0.342 e. The molecule has 1 N–H and O–H groups in total. The second-order valence-corrected chi connectivity index (χ2v) is 4.81. The molecular weight excluding hydrogens is 255 g/mol. The summed E-state index contributed by atoms with van der Waals surface area (Å²) in [4.78, 5) is 15.9. The van der Waals surface area contributed by atoms with E-state index in [1.54, 1.807) is 13.2 Å². The lowest BCUT2D eigenvalue weighted by Crippen LogP contribution is -2.13. The van der Waals surface area contributed by atoms with Crippen molar-refractivity contribution in [2.75, 3.05) is 18.2 Å². The minimum atomic E-state index is -0.542. The first-order chi connectivity index (χ1) is 8.65. The van der Waals surface area contributed by atoms with Crippen molar-refractivity contribution < 1.29 is 13.9 Å². The Bertz CT molecular complexity index is 464. The maximum Gasteiger partial charge on any atom is 0.342 e. The third kappa shape index (κ3) is 2.93. The number of halogens is 1. The van der Waals surface area contributed by atoms with Crippen LogP contribution in [0.5, 0.6) is 0 Å². The summed E-state index contributed by atoms with van der Waals surface area (Å²) < 4.78 is 18.6. The monoisotopic (exact) mass is 270 g/mol. The Labute approximate surface area is 109 Å². The van der Waals surface area contributed by atoms with Crippen molar-refractivity contribution in [3.05, 3.63) is 17.4 Å². The number of pyridine rings is 1. The summed E-state index contributed by atoms with van der Waals surface area (Å²) in [6.07, 6.45) is 3.85. The molecule has 0 aromatic carbocycles. The predicted octanol–water partition coefficient (Wildman–Crippen LogP) is 2.69. The average molecular weight is 270 g/mol. The molecule has 1 aliphatic carbocycles. The van der Waals surface area contributed by atoms with Gasteiger partial charge in [0, 0.05) is 6.04 Å². The van der Waals surface area contributed by atoms with Gasteiger partial charge in [-0.1, -0.05) is 0 Å². The molecular formula is C12H15FN2O2S. The second kappa shape index (κ2) is 5.56. The van der Waals surface area contributed by atoms with Crippen LogP contribution in [0.25, 0.3) is 0 Å². The zero-order valence-corrected chi connectivity index (χ0v) is 11.1. The van der Waals surface area contributed by atoms with E-state index in [0.29, 0.717) is 11.9 Å². The number of ether oxygens (including phenoxy) is 1. The van der Waals surface area contributed by atoms with Crippen molar-refractivity contribution in [1.29, 1.82) is 0 Å². The van der Waals surface area contributed by atoms with Crippen molar-refractivity contribution in [3.8, 4) is 0 Å². The molecule has 1 saturated carbocycles. The number of nitrogens with one attached hydrogen (secondary N) is 1. The molecule has 1 fully saturated rings. The minimum absolute atomic E-state index is 0.166. The molecule has 1 aliphatic rings. The topological polar surface area (TPSA) is 51.2 Å². The minimum Gasteiger partial charge on any atom is -0.462 e. The van der Waals surface area contributed by atoms with Crippen LogP contribution in [0.1, 0.15) is 30.1 Å². The Hall–Kier alpha value is -1.30. The van der Waals surface area contributed by atoms with E-state index in [2.05, 4.69) is 10.3 Å². The maximum atomic E-state index is 13.7. The normalized spacial score (nSPS) is 14.4. The Morgan fingerprint density at radius 2 is 2.39 bits per heavy atom. The number of hydrogen-bond donors (Lipinski definition) is 1. The molecule has 1 heterocycles. The van der Waals surface area contributed by atoms with E-state index in [-0.39, 0.29) is 17.2 Å². The lowest BCUT2D eigenvalue weighted by atomic mass is 10.2. The van der Waals surface area contributed by atoms with Crippen LogP contribution < -0.4 is 5.32 Å². The van der Waals surface area contributed by atoms with Gasteiger partial charge in [0.1, 0.15) is 16.4 Å². The highest BCUT2D eigenvalue weighted by Crippen LogP contribution is 2.29. The van der Waals surface area contributed by atoms with Crippen molar-refractivity contribution in [2.45, 2.75) is 30.8 Å². The number of rotatable bonds is 5. The third-order valence-corrected chi connectivity index (χ3v) is 3.22. The number of anilines is 1. The molecule has 0 aliphatic heterocycles. The second-order valence-electron chi connectivity index (χ2n) is 4.01. The van der Waals surface area contributed by atoms with Gasteiger partial charge in [0.15, 0.2) is 5.82 Å². The first kappa shape index (κ1) is 13.1. The Kier molecular flexibility index (Phi) is 4.06. The molecule has 1 aromatic heterocycles. The van der Waals surface area contributed by atoms with E-state index in [0.717, 1.165) is 12.8 Å². The predicted molar refractivity (Wildman–Crippen MR) is 68.6 cm³/mol. The van der Waals surface area contributed by atoms with Gasteiger partial charge in [-0.2, -0.15) is 0 Å². The summed E-state index contributed by atoms with van der Waals surface area (Å²) in [7, 11) is 0. The molecule has 0 unspecified atom stereocenters. The lowest BCUT2D eigenvalue weighted by Gasteiger charge is -2.11. The van der Waals surface area contributed by atoms with Crippen molar-refractivity contribution in [2.24, 2.45) is 0 Å².